The van der Waals surface area contributed by atoms with Gasteiger partial charge in [-0.05, 0) is 66.7 Å². The van der Waals surface area contributed by atoms with Crippen molar-refractivity contribution in [3.05, 3.63) is 118 Å². The maximum atomic E-state index is 13.2. The normalized spacial score (nSPS) is 11.0. The van der Waals surface area contributed by atoms with Crippen LogP contribution in [-0.4, -0.2) is 38.7 Å². The highest BCUT2D eigenvalue weighted by Crippen LogP contribution is 2.34. The second-order valence-corrected chi connectivity index (χ2v) is 9.48. The first-order chi connectivity index (χ1) is 19.4. The minimum absolute atomic E-state index is 0.120. The molecule has 1 amide bonds. The molecule has 0 aliphatic carbocycles. The molecule has 0 bridgehead atoms. The molecule has 0 saturated heterocycles. The van der Waals surface area contributed by atoms with Crippen LogP contribution in [0.5, 0.6) is 5.75 Å². The molecule has 0 spiro atoms. The van der Waals surface area contributed by atoms with Crippen molar-refractivity contribution in [1.82, 2.24) is 20.1 Å². The number of hydrogen-bond donors (Lipinski definition) is 1. The zero-order valence-electron chi connectivity index (χ0n) is 21.1. The lowest BCUT2D eigenvalue weighted by atomic mass is 10.2. The van der Waals surface area contributed by atoms with E-state index < -0.39 is 11.0 Å². The van der Waals surface area contributed by atoms with Crippen LogP contribution in [-0.2, 0) is 0 Å². The maximum Gasteiger partial charge on any atom is 0.440 e. The minimum Gasteiger partial charge on any atom is -0.409 e. The number of benzene rings is 3. The summed E-state index contributed by atoms with van der Waals surface area (Å²) < 4.78 is 6.63. The molecule has 2 heterocycles. The standard InChI is InChI=1S/C29H21N5O5S/c1-30-28(35)24-7-2-3-8-27(24)40-22-14-15-23-25(16-9-19-6-4-5-17-31-19)32-33(26(23)18-22)29(36)39-21-12-10-20(11-13-21)34(37)38/h2-18H,1H3,(H,30,35)/b16-9+. The first kappa shape index (κ1) is 26.3. The van der Waals surface area contributed by atoms with E-state index in [0.717, 1.165) is 20.2 Å². The minimum atomic E-state index is -0.788. The summed E-state index contributed by atoms with van der Waals surface area (Å²) in [5.41, 5.74) is 2.13. The number of pyridine rings is 1. The predicted molar refractivity (Wildman–Crippen MR) is 151 cm³/mol. The zero-order valence-corrected chi connectivity index (χ0v) is 21.9. The van der Waals surface area contributed by atoms with E-state index in [4.69, 9.17) is 4.74 Å². The van der Waals surface area contributed by atoms with Gasteiger partial charge in [0.1, 0.15) is 5.75 Å². The van der Waals surface area contributed by atoms with Crippen molar-refractivity contribution in [2.75, 3.05) is 7.05 Å². The highest BCUT2D eigenvalue weighted by Gasteiger charge is 2.19. The second-order valence-electron chi connectivity index (χ2n) is 8.36. The quantitative estimate of drug-likeness (QED) is 0.191. The fourth-order valence-corrected chi connectivity index (χ4v) is 4.85. The lowest BCUT2D eigenvalue weighted by Crippen LogP contribution is -2.18. The predicted octanol–water partition coefficient (Wildman–Crippen LogP) is 6.07. The molecule has 1 N–H and O–H groups in total. The van der Waals surface area contributed by atoms with Gasteiger partial charge in [-0.1, -0.05) is 30.0 Å². The number of aromatic nitrogens is 3. The zero-order chi connectivity index (χ0) is 28.1. The third-order valence-corrected chi connectivity index (χ3v) is 6.86. The fourth-order valence-electron chi connectivity index (χ4n) is 3.87. The second kappa shape index (κ2) is 11.6. The number of fused-ring (bicyclic) bond motifs is 1. The number of nitrogens with zero attached hydrogens (tertiary/aromatic N) is 4. The van der Waals surface area contributed by atoms with E-state index in [1.165, 1.54) is 36.0 Å². The molecule has 11 heteroatoms. The first-order valence-electron chi connectivity index (χ1n) is 12.0. The first-order valence-corrected chi connectivity index (χ1v) is 12.8. The molecule has 2 aromatic heterocycles. The number of nitro groups is 1. The Kier molecular flexibility index (Phi) is 7.65. The average molecular weight is 552 g/mol. The van der Waals surface area contributed by atoms with Gasteiger partial charge in [-0.15, -0.1) is 0 Å². The number of amides is 1. The Balaban J connectivity index is 1.53. The Bertz CT molecular complexity index is 1750. The number of hydrogen-bond acceptors (Lipinski definition) is 8. The summed E-state index contributed by atoms with van der Waals surface area (Å²) in [6.07, 6.45) is 4.44. The third kappa shape index (κ3) is 5.74. The molecule has 0 aliphatic rings. The highest BCUT2D eigenvalue weighted by atomic mass is 32.2. The fraction of sp³-hybridized carbons (Fsp3) is 0.0345. The number of carbonyl (C=O) groups is 2. The van der Waals surface area contributed by atoms with Gasteiger partial charge in [0.2, 0.25) is 0 Å². The highest BCUT2D eigenvalue weighted by molar-refractivity contribution is 7.99. The van der Waals surface area contributed by atoms with E-state index >= 15 is 0 Å². The maximum absolute atomic E-state index is 13.2. The van der Waals surface area contributed by atoms with Crippen LogP contribution in [0.4, 0.5) is 10.5 Å². The lowest BCUT2D eigenvalue weighted by Gasteiger charge is -2.09. The van der Waals surface area contributed by atoms with Gasteiger partial charge >= 0.3 is 6.09 Å². The lowest BCUT2D eigenvalue weighted by molar-refractivity contribution is -0.384. The van der Waals surface area contributed by atoms with Gasteiger partial charge in [0.15, 0.2) is 0 Å². The molecular weight excluding hydrogens is 530 g/mol. The molecule has 40 heavy (non-hydrogen) atoms. The molecule has 10 nitrogen and oxygen atoms in total. The summed E-state index contributed by atoms with van der Waals surface area (Å²) in [5.74, 6) is -0.0716. The molecule has 3 aromatic carbocycles. The van der Waals surface area contributed by atoms with Crippen LogP contribution in [0.25, 0.3) is 23.1 Å². The van der Waals surface area contributed by atoms with Crippen molar-refractivity contribution in [3.8, 4) is 5.75 Å². The van der Waals surface area contributed by atoms with Crippen LogP contribution in [0.15, 0.2) is 101 Å². The van der Waals surface area contributed by atoms with Crippen molar-refractivity contribution < 1.29 is 19.2 Å². The molecule has 0 unspecified atom stereocenters. The van der Waals surface area contributed by atoms with Crippen molar-refractivity contribution in [3.63, 3.8) is 0 Å². The number of non-ortho nitro benzene ring substituents is 1. The molecular formula is C29H21N5O5S. The SMILES string of the molecule is CNC(=O)c1ccccc1Sc1ccc2c(/C=C/c3ccccn3)nn(C(=O)Oc3ccc([N+](=O)[O-])cc3)c2c1. The molecule has 0 fully saturated rings. The van der Waals surface area contributed by atoms with E-state index in [1.54, 1.807) is 43.6 Å². The van der Waals surface area contributed by atoms with Gasteiger partial charge in [-0.3, -0.25) is 19.9 Å². The van der Waals surface area contributed by atoms with Gasteiger partial charge in [0.25, 0.3) is 11.6 Å². The van der Waals surface area contributed by atoms with Crippen LogP contribution < -0.4 is 10.1 Å². The number of nitrogens with one attached hydrogen (secondary N) is 1. The van der Waals surface area contributed by atoms with E-state index in [0.29, 0.717) is 22.2 Å². The molecule has 5 rings (SSSR count). The molecule has 0 saturated carbocycles. The summed E-state index contributed by atoms with van der Waals surface area (Å²) in [6.45, 7) is 0. The van der Waals surface area contributed by atoms with E-state index in [-0.39, 0.29) is 17.3 Å². The number of rotatable bonds is 7. The van der Waals surface area contributed by atoms with Gasteiger partial charge in [-0.2, -0.15) is 9.78 Å². The van der Waals surface area contributed by atoms with Gasteiger partial charge in [0.05, 0.1) is 27.4 Å². The molecule has 0 aliphatic heterocycles. The van der Waals surface area contributed by atoms with Crippen LogP contribution in [0, 0.1) is 10.1 Å². The van der Waals surface area contributed by atoms with Crippen LogP contribution in [0.3, 0.4) is 0 Å². The van der Waals surface area contributed by atoms with Crippen molar-refractivity contribution in [2.45, 2.75) is 9.79 Å². The molecule has 0 radical (unpaired) electrons. The number of ether oxygens (including phenoxy) is 1. The van der Waals surface area contributed by atoms with E-state index in [2.05, 4.69) is 15.4 Å². The molecule has 5 aromatic rings. The van der Waals surface area contributed by atoms with Gasteiger partial charge < -0.3 is 10.1 Å². The van der Waals surface area contributed by atoms with E-state index in [9.17, 15) is 19.7 Å². The van der Waals surface area contributed by atoms with Crippen LogP contribution >= 0.6 is 11.8 Å². The summed E-state index contributed by atoms with van der Waals surface area (Å²) in [5, 5.41) is 18.8. The summed E-state index contributed by atoms with van der Waals surface area (Å²) in [4.78, 5) is 41.8. The van der Waals surface area contributed by atoms with Crippen molar-refractivity contribution in [2.24, 2.45) is 0 Å². The Hall–Kier alpha value is -5.29. The summed E-state index contributed by atoms with van der Waals surface area (Å²) in [6, 6.07) is 23.5. The Labute approximate surface area is 232 Å². The summed E-state index contributed by atoms with van der Waals surface area (Å²) >= 11 is 1.38. The monoisotopic (exact) mass is 551 g/mol. The van der Waals surface area contributed by atoms with Crippen molar-refractivity contribution in [1.29, 1.82) is 0 Å². The van der Waals surface area contributed by atoms with E-state index in [1.807, 2.05) is 42.5 Å². The smallest absolute Gasteiger partial charge is 0.409 e. The summed E-state index contributed by atoms with van der Waals surface area (Å²) in [7, 11) is 1.57. The number of nitro benzene ring substituents is 1. The van der Waals surface area contributed by atoms with Crippen molar-refractivity contribution >= 4 is 52.5 Å². The topological polar surface area (TPSA) is 129 Å². The Morgan fingerprint density at radius 1 is 1.00 bits per heavy atom. The van der Waals surface area contributed by atoms with Crippen LogP contribution in [0.2, 0.25) is 0 Å². The molecule has 0 atom stereocenters. The Morgan fingerprint density at radius 3 is 2.50 bits per heavy atom. The molecule has 198 valence electrons. The largest absolute Gasteiger partial charge is 0.440 e. The average Bonchev–Trinajstić information content (AvgIpc) is 3.34. The number of carbonyl (C=O) groups excluding carboxylic acids is 2. The van der Waals surface area contributed by atoms with Gasteiger partial charge in [0, 0.05) is 40.6 Å². The third-order valence-electron chi connectivity index (χ3n) is 5.79. The van der Waals surface area contributed by atoms with Gasteiger partial charge in [-0.25, -0.2) is 4.79 Å². The van der Waals surface area contributed by atoms with Crippen LogP contribution in [0.1, 0.15) is 21.7 Å². The Morgan fingerprint density at radius 2 is 1.77 bits per heavy atom.